The fraction of sp³-hybridized carbons (Fsp3) is 0.235. The molecular weight excluding hydrogens is 278 g/mol. The van der Waals surface area contributed by atoms with Gasteiger partial charge in [0.1, 0.15) is 0 Å². The first-order chi connectivity index (χ1) is 10.2. The molecule has 3 aromatic rings. The van der Waals surface area contributed by atoms with E-state index in [1.807, 2.05) is 12.1 Å². The van der Waals surface area contributed by atoms with Gasteiger partial charge >= 0.3 is 0 Å². The molecule has 0 amide bonds. The number of thioether (sulfide) groups is 1. The van der Waals surface area contributed by atoms with Crippen LogP contribution in [-0.2, 0) is 12.3 Å². The van der Waals surface area contributed by atoms with Crippen molar-refractivity contribution in [2.75, 3.05) is 5.73 Å². The molecule has 0 aliphatic heterocycles. The lowest BCUT2D eigenvalue weighted by Gasteiger charge is -2.05. The molecule has 0 spiro atoms. The third-order valence-corrected chi connectivity index (χ3v) is 4.65. The van der Waals surface area contributed by atoms with Crippen LogP contribution in [0, 0.1) is 6.92 Å². The molecule has 108 valence electrons. The summed E-state index contributed by atoms with van der Waals surface area (Å²) in [6.45, 7) is 5.09. The van der Waals surface area contributed by atoms with E-state index in [9.17, 15) is 0 Å². The Balaban J connectivity index is 1.90. The molecule has 1 aromatic heterocycles. The second-order valence-electron chi connectivity index (χ2n) is 5.11. The number of fused-ring (bicyclic) bond motifs is 1. The fourth-order valence-corrected chi connectivity index (χ4v) is 3.47. The molecule has 0 bridgehead atoms. The van der Waals surface area contributed by atoms with Crippen molar-refractivity contribution < 1.29 is 0 Å². The standard InChI is InChI=1S/C17H19N3S/c1-3-20-16-7-5-4-6-13(16)15(19-20)11-21-17-10-12(2)8-9-14(17)18/h4-10H,3,11,18H2,1-2H3. The van der Waals surface area contributed by atoms with E-state index in [0.29, 0.717) is 0 Å². The molecule has 0 atom stereocenters. The Morgan fingerprint density at radius 3 is 2.81 bits per heavy atom. The van der Waals surface area contributed by atoms with E-state index >= 15 is 0 Å². The molecule has 3 rings (SSSR count). The minimum absolute atomic E-state index is 0.834. The predicted molar refractivity (Wildman–Crippen MR) is 90.6 cm³/mol. The molecule has 0 saturated carbocycles. The molecule has 2 N–H and O–H groups in total. The minimum atomic E-state index is 0.834. The maximum absolute atomic E-state index is 6.05. The second kappa shape index (κ2) is 5.82. The van der Waals surface area contributed by atoms with E-state index in [1.54, 1.807) is 11.8 Å². The van der Waals surface area contributed by atoms with Crippen molar-refractivity contribution >= 4 is 28.4 Å². The molecule has 0 fully saturated rings. The summed E-state index contributed by atoms with van der Waals surface area (Å²) in [5, 5.41) is 5.96. The van der Waals surface area contributed by atoms with Crippen LogP contribution < -0.4 is 5.73 Å². The molecule has 4 heteroatoms. The molecule has 2 aromatic carbocycles. The molecule has 3 nitrogen and oxygen atoms in total. The zero-order valence-corrected chi connectivity index (χ0v) is 13.2. The monoisotopic (exact) mass is 297 g/mol. The Bertz CT molecular complexity index is 777. The van der Waals surface area contributed by atoms with Crippen LogP contribution in [0.5, 0.6) is 0 Å². The van der Waals surface area contributed by atoms with Gasteiger partial charge in [0.05, 0.1) is 11.2 Å². The van der Waals surface area contributed by atoms with Crippen LogP contribution in [0.15, 0.2) is 47.4 Å². The highest BCUT2D eigenvalue weighted by Crippen LogP contribution is 2.31. The Labute approximate surface area is 129 Å². The van der Waals surface area contributed by atoms with Gasteiger partial charge in [0.2, 0.25) is 0 Å². The number of nitrogen functional groups attached to an aromatic ring is 1. The molecule has 0 radical (unpaired) electrons. The first-order valence-electron chi connectivity index (χ1n) is 7.12. The normalized spacial score (nSPS) is 11.1. The Hall–Kier alpha value is -1.94. The molecular formula is C17H19N3S. The summed E-state index contributed by atoms with van der Waals surface area (Å²) >= 11 is 1.75. The van der Waals surface area contributed by atoms with Gasteiger partial charge in [-0.25, -0.2) is 0 Å². The summed E-state index contributed by atoms with van der Waals surface area (Å²) in [7, 11) is 0. The summed E-state index contributed by atoms with van der Waals surface area (Å²) in [5.41, 5.74) is 10.4. The Morgan fingerprint density at radius 1 is 1.19 bits per heavy atom. The summed E-state index contributed by atoms with van der Waals surface area (Å²) in [6, 6.07) is 14.6. The predicted octanol–water partition coefficient (Wildman–Crippen LogP) is 4.24. The van der Waals surface area contributed by atoms with Crippen molar-refractivity contribution in [3.63, 3.8) is 0 Å². The number of hydrogen-bond donors (Lipinski definition) is 1. The molecule has 1 heterocycles. The molecule has 0 saturated heterocycles. The van der Waals surface area contributed by atoms with Gasteiger partial charge in [-0.05, 0) is 37.6 Å². The van der Waals surface area contributed by atoms with Gasteiger partial charge < -0.3 is 5.73 Å². The zero-order chi connectivity index (χ0) is 14.8. The lowest BCUT2D eigenvalue weighted by molar-refractivity contribution is 0.675. The number of para-hydroxylation sites is 1. The number of aromatic nitrogens is 2. The van der Waals surface area contributed by atoms with Gasteiger partial charge in [0.25, 0.3) is 0 Å². The first kappa shape index (κ1) is 14.0. The summed E-state index contributed by atoms with van der Waals surface area (Å²) in [6.07, 6.45) is 0. The summed E-state index contributed by atoms with van der Waals surface area (Å²) < 4.78 is 2.06. The van der Waals surface area contributed by atoms with E-state index in [0.717, 1.165) is 28.6 Å². The lowest BCUT2D eigenvalue weighted by Crippen LogP contribution is -1.96. The van der Waals surface area contributed by atoms with Crippen LogP contribution in [0.3, 0.4) is 0 Å². The molecule has 21 heavy (non-hydrogen) atoms. The first-order valence-corrected chi connectivity index (χ1v) is 8.11. The molecule has 0 unspecified atom stereocenters. The van der Waals surface area contributed by atoms with Crippen molar-refractivity contribution in [3.05, 3.63) is 53.7 Å². The van der Waals surface area contributed by atoms with E-state index < -0.39 is 0 Å². The van der Waals surface area contributed by atoms with E-state index in [-0.39, 0.29) is 0 Å². The smallest absolute Gasteiger partial charge is 0.0805 e. The number of aryl methyl sites for hydroxylation is 2. The van der Waals surface area contributed by atoms with Gasteiger partial charge in [-0.3, -0.25) is 4.68 Å². The minimum Gasteiger partial charge on any atom is -0.398 e. The van der Waals surface area contributed by atoms with Gasteiger partial charge in [-0.1, -0.05) is 24.3 Å². The van der Waals surface area contributed by atoms with Crippen LogP contribution in [0.4, 0.5) is 5.69 Å². The number of rotatable bonds is 4. The van der Waals surface area contributed by atoms with Gasteiger partial charge in [-0.15, -0.1) is 11.8 Å². The van der Waals surface area contributed by atoms with Crippen molar-refractivity contribution in [2.45, 2.75) is 31.0 Å². The maximum atomic E-state index is 6.05. The van der Waals surface area contributed by atoms with Gasteiger partial charge in [0.15, 0.2) is 0 Å². The van der Waals surface area contributed by atoms with Crippen LogP contribution >= 0.6 is 11.8 Å². The van der Waals surface area contributed by atoms with Gasteiger partial charge in [0, 0.05) is 28.3 Å². The third kappa shape index (κ3) is 2.76. The maximum Gasteiger partial charge on any atom is 0.0805 e. The van der Waals surface area contributed by atoms with Crippen molar-refractivity contribution in [3.8, 4) is 0 Å². The second-order valence-corrected chi connectivity index (χ2v) is 6.13. The number of nitrogens with zero attached hydrogens (tertiary/aromatic N) is 2. The van der Waals surface area contributed by atoms with Crippen molar-refractivity contribution in [1.29, 1.82) is 0 Å². The fourth-order valence-electron chi connectivity index (χ4n) is 2.46. The van der Waals surface area contributed by atoms with E-state index in [1.165, 1.54) is 16.5 Å². The summed E-state index contributed by atoms with van der Waals surface area (Å²) in [5.74, 6) is 0.834. The van der Waals surface area contributed by atoms with E-state index in [2.05, 4.69) is 48.9 Å². The molecule has 0 aliphatic rings. The number of nitrogens with two attached hydrogens (primary N) is 1. The number of benzene rings is 2. The Morgan fingerprint density at radius 2 is 2.00 bits per heavy atom. The quantitative estimate of drug-likeness (QED) is 0.578. The molecule has 0 aliphatic carbocycles. The van der Waals surface area contributed by atoms with Crippen LogP contribution in [0.2, 0.25) is 0 Å². The average molecular weight is 297 g/mol. The van der Waals surface area contributed by atoms with E-state index in [4.69, 9.17) is 10.8 Å². The third-order valence-electron chi connectivity index (χ3n) is 3.57. The van der Waals surface area contributed by atoms with Crippen LogP contribution in [-0.4, -0.2) is 9.78 Å². The number of hydrogen-bond acceptors (Lipinski definition) is 3. The average Bonchev–Trinajstić information content (AvgIpc) is 2.86. The largest absolute Gasteiger partial charge is 0.398 e. The highest BCUT2D eigenvalue weighted by atomic mass is 32.2. The van der Waals surface area contributed by atoms with Crippen LogP contribution in [0.1, 0.15) is 18.2 Å². The topological polar surface area (TPSA) is 43.8 Å². The highest BCUT2D eigenvalue weighted by Gasteiger charge is 2.10. The zero-order valence-electron chi connectivity index (χ0n) is 12.3. The number of anilines is 1. The highest BCUT2D eigenvalue weighted by molar-refractivity contribution is 7.98. The van der Waals surface area contributed by atoms with Crippen molar-refractivity contribution in [1.82, 2.24) is 9.78 Å². The van der Waals surface area contributed by atoms with Crippen LogP contribution in [0.25, 0.3) is 10.9 Å². The SMILES string of the molecule is CCn1nc(CSc2cc(C)ccc2N)c2ccccc21. The van der Waals surface area contributed by atoms with Crippen molar-refractivity contribution in [2.24, 2.45) is 0 Å². The lowest BCUT2D eigenvalue weighted by atomic mass is 10.2. The summed E-state index contributed by atoms with van der Waals surface area (Å²) in [4.78, 5) is 1.13. The Kier molecular flexibility index (Phi) is 3.88. The van der Waals surface area contributed by atoms with Gasteiger partial charge in [-0.2, -0.15) is 5.10 Å².